The molecule has 1 aromatic heterocycles. The van der Waals surface area contributed by atoms with Crippen LogP contribution in [0.2, 0.25) is 0 Å². The minimum atomic E-state index is 0. The summed E-state index contributed by atoms with van der Waals surface area (Å²) in [5, 5.41) is 0. The van der Waals surface area contributed by atoms with Gasteiger partial charge in [0.1, 0.15) is 0 Å². The Kier molecular flexibility index (Phi) is 4.89. The molecule has 1 saturated carbocycles. The molecule has 1 aliphatic carbocycles. The molecule has 0 saturated heterocycles. The third-order valence-electron chi connectivity index (χ3n) is 3.39. The van der Waals surface area contributed by atoms with Gasteiger partial charge in [0.05, 0.1) is 0 Å². The van der Waals surface area contributed by atoms with Gasteiger partial charge in [-0.25, -0.2) is 0 Å². The van der Waals surface area contributed by atoms with Crippen molar-refractivity contribution < 1.29 is 37.7 Å². The molecule has 0 aromatic carbocycles. The standard InChI is InChI=1S/C12H17N.Ar/c1-9-7-11(8-10(9)2)12-5-3-4-6-13-12;/h3-6,9-11H,7-8H2,1-2H3;. The van der Waals surface area contributed by atoms with Crippen molar-refractivity contribution in [1.82, 2.24) is 4.98 Å². The first-order chi connectivity index (χ1) is 6.27. The van der Waals surface area contributed by atoms with E-state index in [2.05, 4.69) is 31.0 Å². The summed E-state index contributed by atoms with van der Waals surface area (Å²) >= 11 is 0. The molecule has 1 aliphatic rings. The summed E-state index contributed by atoms with van der Waals surface area (Å²) in [6.45, 7) is 4.71. The predicted octanol–water partition coefficient (Wildman–Crippen LogP) is 3.23. The average molecular weight is 215 g/mol. The van der Waals surface area contributed by atoms with Gasteiger partial charge in [0.15, 0.2) is 0 Å². The van der Waals surface area contributed by atoms with Crippen LogP contribution >= 0.6 is 0 Å². The predicted molar refractivity (Wildman–Crippen MR) is 54.5 cm³/mol. The molecule has 14 heavy (non-hydrogen) atoms. The second-order valence-corrected chi connectivity index (χ2v) is 4.38. The summed E-state index contributed by atoms with van der Waals surface area (Å²) in [6.07, 6.45) is 4.54. The number of aromatic nitrogens is 1. The van der Waals surface area contributed by atoms with E-state index in [9.17, 15) is 0 Å². The van der Waals surface area contributed by atoms with Crippen molar-refractivity contribution >= 4 is 0 Å². The van der Waals surface area contributed by atoms with Crippen LogP contribution in [-0.2, 0) is 0 Å². The molecule has 1 aromatic rings. The molecular formula is C12H17ArN. The Bertz CT molecular complexity index is 263. The summed E-state index contributed by atoms with van der Waals surface area (Å²) in [4.78, 5) is 4.43. The third-order valence-corrected chi connectivity index (χ3v) is 3.39. The Morgan fingerprint density at radius 3 is 2.29 bits per heavy atom. The first-order valence-corrected chi connectivity index (χ1v) is 5.18. The van der Waals surface area contributed by atoms with Gasteiger partial charge in [0, 0.05) is 55.5 Å². The van der Waals surface area contributed by atoms with Crippen LogP contribution in [0.25, 0.3) is 0 Å². The summed E-state index contributed by atoms with van der Waals surface area (Å²) < 4.78 is 0. The van der Waals surface area contributed by atoms with Gasteiger partial charge in [-0.2, -0.15) is 0 Å². The molecule has 2 unspecified atom stereocenters. The average Bonchev–Trinajstić information content (AvgIpc) is 2.49. The van der Waals surface area contributed by atoms with Crippen molar-refractivity contribution in [2.75, 3.05) is 0 Å². The van der Waals surface area contributed by atoms with Crippen LogP contribution in [0.5, 0.6) is 0 Å². The topological polar surface area (TPSA) is 12.9 Å². The molecule has 2 heteroatoms. The molecule has 0 bridgehead atoms. The van der Waals surface area contributed by atoms with Gasteiger partial charge in [-0.05, 0) is 36.8 Å². The Morgan fingerprint density at radius 2 is 1.79 bits per heavy atom. The van der Waals surface area contributed by atoms with Crippen molar-refractivity contribution in [3.8, 4) is 0 Å². The van der Waals surface area contributed by atoms with E-state index in [0.717, 1.165) is 11.8 Å². The van der Waals surface area contributed by atoms with Gasteiger partial charge < -0.3 is 0 Å². The fourth-order valence-electron chi connectivity index (χ4n) is 2.32. The van der Waals surface area contributed by atoms with E-state index in [1.165, 1.54) is 18.5 Å². The molecule has 0 N–H and O–H groups in total. The monoisotopic (exact) mass is 215 g/mol. The summed E-state index contributed by atoms with van der Waals surface area (Å²) in [5.41, 5.74) is 1.29. The van der Waals surface area contributed by atoms with E-state index in [1.807, 2.05) is 12.3 Å². The fourth-order valence-corrected chi connectivity index (χ4v) is 2.32. The molecule has 1 fully saturated rings. The van der Waals surface area contributed by atoms with Gasteiger partial charge in [0.25, 0.3) is 0 Å². The number of hydrogen-bond donors (Lipinski definition) is 0. The Hall–Kier alpha value is 0.410. The van der Waals surface area contributed by atoms with E-state index >= 15 is 0 Å². The van der Waals surface area contributed by atoms with E-state index in [4.69, 9.17) is 0 Å². The maximum Gasteiger partial charge on any atom is 0.0434 e. The number of nitrogens with zero attached hydrogens (tertiary/aromatic N) is 1. The minimum absolute atomic E-state index is 0. The van der Waals surface area contributed by atoms with Crippen molar-refractivity contribution in [2.24, 2.45) is 11.8 Å². The fraction of sp³-hybridized carbons (Fsp3) is 0.583. The maximum atomic E-state index is 4.43. The van der Waals surface area contributed by atoms with Crippen LogP contribution in [0.15, 0.2) is 24.4 Å². The molecule has 2 rings (SSSR count). The number of hydrogen-bond acceptors (Lipinski definition) is 1. The van der Waals surface area contributed by atoms with Crippen LogP contribution in [0.3, 0.4) is 0 Å². The van der Waals surface area contributed by atoms with Crippen LogP contribution < -0.4 is 0 Å². The van der Waals surface area contributed by atoms with Crippen molar-refractivity contribution in [1.29, 1.82) is 0 Å². The molecule has 0 spiro atoms. The van der Waals surface area contributed by atoms with Gasteiger partial charge in [0.2, 0.25) is 0 Å². The molecular weight excluding hydrogens is 198 g/mol. The maximum absolute atomic E-state index is 4.43. The normalized spacial score (nSPS) is 31.1. The molecule has 1 nitrogen and oxygen atoms in total. The van der Waals surface area contributed by atoms with E-state index in [0.29, 0.717) is 5.92 Å². The summed E-state index contributed by atoms with van der Waals surface area (Å²) in [6, 6.07) is 6.25. The Labute approximate surface area is 116 Å². The first kappa shape index (κ1) is 12.5. The third kappa shape index (κ3) is 2.71. The van der Waals surface area contributed by atoms with Crippen molar-refractivity contribution in [3.05, 3.63) is 30.1 Å². The first-order valence-electron chi connectivity index (χ1n) is 5.18. The minimum Gasteiger partial charge on any atom is -0.261 e. The van der Waals surface area contributed by atoms with Gasteiger partial charge >= 0.3 is 0 Å². The molecule has 1 heterocycles. The molecule has 2 atom stereocenters. The van der Waals surface area contributed by atoms with Gasteiger partial charge in [-0.3, -0.25) is 4.98 Å². The van der Waals surface area contributed by atoms with E-state index in [1.54, 1.807) is 0 Å². The van der Waals surface area contributed by atoms with Gasteiger partial charge in [-0.15, -0.1) is 0 Å². The number of rotatable bonds is 1. The smallest absolute Gasteiger partial charge is 0.0434 e. The van der Waals surface area contributed by atoms with E-state index in [-0.39, 0.29) is 37.7 Å². The molecule has 0 aliphatic heterocycles. The quantitative estimate of drug-likeness (QED) is 0.700. The van der Waals surface area contributed by atoms with Crippen molar-refractivity contribution in [3.63, 3.8) is 0 Å². The second-order valence-electron chi connectivity index (χ2n) is 4.38. The van der Waals surface area contributed by atoms with Crippen LogP contribution in [0.4, 0.5) is 0 Å². The second kappa shape index (κ2) is 5.48. The molecule has 0 radical (unpaired) electrons. The zero-order valence-electron chi connectivity index (χ0n) is 8.76. The molecule has 0 amide bonds. The van der Waals surface area contributed by atoms with E-state index < -0.39 is 0 Å². The zero-order valence-corrected chi connectivity index (χ0v) is 9.46. The van der Waals surface area contributed by atoms with Gasteiger partial charge in [-0.1, -0.05) is 19.9 Å². The zero-order chi connectivity index (χ0) is 9.26. The number of pyridine rings is 1. The largest absolute Gasteiger partial charge is 0.261 e. The van der Waals surface area contributed by atoms with Crippen LogP contribution in [0, 0.1) is 49.6 Å². The van der Waals surface area contributed by atoms with Crippen molar-refractivity contribution in [2.45, 2.75) is 32.6 Å². The Balaban J connectivity index is 0.000000980. The SMILES string of the molecule is CC1CC(c2ccccn2)CC1C.[Ar]. The summed E-state index contributed by atoms with van der Waals surface area (Å²) in [7, 11) is 0. The molecule has 78 valence electrons. The Morgan fingerprint density at radius 1 is 1.14 bits per heavy atom. The van der Waals surface area contributed by atoms with Crippen LogP contribution in [0.1, 0.15) is 38.3 Å². The van der Waals surface area contributed by atoms with Crippen LogP contribution in [-0.4, -0.2) is 4.98 Å². The summed E-state index contributed by atoms with van der Waals surface area (Å²) in [5.74, 6) is 2.45.